The predicted octanol–water partition coefficient (Wildman–Crippen LogP) is 0.160. The Labute approximate surface area is 166 Å². The monoisotopic (exact) mass is 416 g/mol. The van der Waals surface area contributed by atoms with E-state index in [0.717, 1.165) is 23.9 Å². The second-order valence-electron chi connectivity index (χ2n) is 6.44. The van der Waals surface area contributed by atoms with Crippen molar-refractivity contribution in [1.29, 1.82) is 0 Å². The molecular formula is C17H24N2O8S. The van der Waals surface area contributed by atoms with Crippen molar-refractivity contribution in [3.63, 3.8) is 0 Å². The maximum absolute atomic E-state index is 12.5. The fraction of sp³-hybridized carbons (Fsp3) is 0.588. The number of carbonyl (C=O) groups excluding carboxylic acids is 5. The molecule has 11 heteroatoms. The van der Waals surface area contributed by atoms with Gasteiger partial charge in [-0.3, -0.25) is 9.59 Å². The number of methoxy groups -OCH3 is 1. The van der Waals surface area contributed by atoms with E-state index in [0.29, 0.717) is 12.3 Å². The summed E-state index contributed by atoms with van der Waals surface area (Å²) in [5.41, 5.74) is -1.07. The lowest BCUT2D eigenvalue weighted by atomic mass is 9.86. The van der Waals surface area contributed by atoms with Gasteiger partial charge in [-0.1, -0.05) is 13.8 Å². The van der Waals surface area contributed by atoms with Crippen molar-refractivity contribution in [3.8, 4) is 0 Å². The molecule has 0 spiro atoms. The number of cyclic esters (lactones) is 1. The zero-order chi connectivity index (χ0) is 21.2. The Morgan fingerprint density at radius 1 is 1.18 bits per heavy atom. The molecule has 28 heavy (non-hydrogen) atoms. The molecule has 156 valence electrons. The largest absolute Gasteiger partial charge is 0.466 e. The van der Waals surface area contributed by atoms with Gasteiger partial charge in [0, 0.05) is 42.8 Å². The van der Waals surface area contributed by atoms with Gasteiger partial charge in [-0.15, -0.1) is 0 Å². The summed E-state index contributed by atoms with van der Waals surface area (Å²) in [7, 11) is 1.17. The average Bonchev–Trinajstić information content (AvgIpc) is 2.64. The standard InChI is InChI=1S/C17H24N2O8S/c1-17(2,10-26-13(22)5-4-12(21)25-3)14-15(23)19-7-6-11(20)18-8-9-28-16(24)27-14/h4-5,14H,6-10H2,1-3H3,(H,18,20)(H,19,23)/b5-4+/t14-/m0/s1. The van der Waals surface area contributed by atoms with Crippen LogP contribution >= 0.6 is 11.8 Å². The average molecular weight is 416 g/mol. The molecule has 0 bridgehead atoms. The molecule has 0 saturated carbocycles. The molecule has 1 rings (SSSR count). The molecular weight excluding hydrogens is 392 g/mol. The minimum atomic E-state index is -1.24. The van der Waals surface area contributed by atoms with Gasteiger partial charge in [0.1, 0.15) is 6.61 Å². The number of rotatable bonds is 5. The molecule has 0 aromatic carbocycles. The highest BCUT2D eigenvalue weighted by Gasteiger charge is 2.40. The summed E-state index contributed by atoms with van der Waals surface area (Å²) in [6, 6.07) is 0. The first-order valence-electron chi connectivity index (χ1n) is 8.46. The van der Waals surface area contributed by atoms with E-state index >= 15 is 0 Å². The smallest absolute Gasteiger partial charge is 0.368 e. The van der Waals surface area contributed by atoms with E-state index in [1.807, 2.05) is 0 Å². The van der Waals surface area contributed by atoms with Gasteiger partial charge in [-0.2, -0.15) is 0 Å². The third-order valence-electron chi connectivity index (χ3n) is 3.60. The van der Waals surface area contributed by atoms with Crippen molar-refractivity contribution in [1.82, 2.24) is 10.6 Å². The lowest BCUT2D eigenvalue weighted by Crippen LogP contribution is -2.49. The lowest BCUT2D eigenvalue weighted by molar-refractivity contribution is -0.148. The van der Waals surface area contributed by atoms with Crippen molar-refractivity contribution in [2.45, 2.75) is 26.4 Å². The Hall–Kier alpha value is -2.56. The fourth-order valence-corrected chi connectivity index (χ4v) is 2.62. The first kappa shape index (κ1) is 23.5. The van der Waals surface area contributed by atoms with Gasteiger partial charge in [0.15, 0.2) is 6.10 Å². The molecule has 0 aliphatic carbocycles. The normalized spacial score (nSPS) is 19.5. The molecule has 1 fully saturated rings. The van der Waals surface area contributed by atoms with E-state index in [4.69, 9.17) is 9.47 Å². The Bertz CT molecular complexity index is 647. The van der Waals surface area contributed by atoms with E-state index in [1.165, 1.54) is 7.11 Å². The summed E-state index contributed by atoms with van der Waals surface area (Å²) in [6.07, 6.45) is 0.640. The van der Waals surface area contributed by atoms with Crippen LogP contribution in [0.15, 0.2) is 12.2 Å². The quantitative estimate of drug-likeness (QED) is 0.365. The summed E-state index contributed by atoms with van der Waals surface area (Å²) in [5, 5.41) is 4.48. The minimum absolute atomic E-state index is 0.0730. The lowest BCUT2D eigenvalue weighted by Gasteiger charge is -2.32. The fourth-order valence-electron chi connectivity index (χ4n) is 2.09. The molecule has 0 unspecified atom stereocenters. The summed E-state index contributed by atoms with van der Waals surface area (Å²) < 4.78 is 14.7. The zero-order valence-corrected chi connectivity index (χ0v) is 16.8. The third-order valence-corrected chi connectivity index (χ3v) is 4.34. The van der Waals surface area contributed by atoms with Gasteiger partial charge < -0.3 is 24.8 Å². The number of amides is 2. The van der Waals surface area contributed by atoms with Gasteiger partial charge in [0.25, 0.3) is 5.91 Å². The Balaban J connectivity index is 2.80. The van der Waals surface area contributed by atoms with E-state index in [-0.39, 0.29) is 25.5 Å². The highest BCUT2D eigenvalue weighted by atomic mass is 32.2. The molecule has 0 radical (unpaired) electrons. The molecule has 1 atom stereocenters. The van der Waals surface area contributed by atoms with Crippen LogP contribution in [-0.4, -0.2) is 67.7 Å². The van der Waals surface area contributed by atoms with E-state index in [1.54, 1.807) is 13.8 Å². The maximum Gasteiger partial charge on any atom is 0.368 e. The Kier molecular flexibility index (Phi) is 9.49. The van der Waals surface area contributed by atoms with Crippen LogP contribution in [0, 0.1) is 5.41 Å². The number of nitrogens with one attached hydrogen (secondary N) is 2. The number of carbonyl (C=O) groups is 5. The SMILES string of the molecule is COC(=O)/C=C/C(=O)OCC(C)(C)[C@H]1OC(=O)SCCNC(=O)CCNC1=O. The second-order valence-corrected chi connectivity index (χ2v) is 7.47. The molecule has 1 aliphatic rings. The molecule has 1 saturated heterocycles. The van der Waals surface area contributed by atoms with Crippen LogP contribution in [0.25, 0.3) is 0 Å². The summed E-state index contributed by atoms with van der Waals surface area (Å²) in [5.74, 6) is -2.08. The molecule has 0 aromatic rings. The highest BCUT2D eigenvalue weighted by molar-refractivity contribution is 8.13. The third kappa shape index (κ3) is 8.42. The number of esters is 2. The van der Waals surface area contributed by atoms with Crippen molar-refractivity contribution in [3.05, 3.63) is 12.2 Å². The van der Waals surface area contributed by atoms with Crippen molar-refractivity contribution in [2.75, 3.05) is 32.6 Å². The number of hydrogen-bond donors (Lipinski definition) is 2. The van der Waals surface area contributed by atoms with Crippen LogP contribution in [0.1, 0.15) is 20.3 Å². The number of ether oxygens (including phenoxy) is 3. The van der Waals surface area contributed by atoms with E-state index < -0.39 is 34.7 Å². The molecule has 2 N–H and O–H groups in total. The van der Waals surface area contributed by atoms with Crippen LogP contribution in [0.4, 0.5) is 4.79 Å². The topological polar surface area (TPSA) is 137 Å². The maximum atomic E-state index is 12.5. The number of hydrogen-bond acceptors (Lipinski definition) is 9. The van der Waals surface area contributed by atoms with Crippen molar-refractivity contribution in [2.24, 2.45) is 5.41 Å². The summed E-state index contributed by atoms with van der Waals surface area (Å²) in [6.45, 7) is 3.29. The van der Waals surface area contributed by atoms with Gasteiger partial charge in [-0.05, 0) is 11.8 Å². The van der Waals surface area contributed by atoms with Crippen molar-refractivity contribution < 1.29 is 38.2 Å². The minimum Gasteiger partial charge on any atom is -0.466 e. The summed E-state index contributed by atoms with van der Waals surface area (Å²) >= 11 is 0.827. The number of thioether (sulfide) groups is 1. The first-order valence-corrected chi connectivity index (χ1v) is 9.45. The molecule has 10 nitrogen and oxygen atoms in total. The van der Waals surface area contributed by atoms with Gasteiger partial charge in [0.05, 0.1) is 7.11 Å². The summed E-state index contributed by atoms with van der Waals surface area (Å²) in [4.78, 5) is 58.8. The first-order chi connectivity index (χ1) is 13.2. The molecule has 1 aliphatic heterocycles. The van der Waals surface area contributed by atoms with Crippen LogP contribution in [0.5, 0.6) is 0 Å². The van der Waals surface area contributed by atoms with E-state index in [2.05, 4.69) is 15.4 Å². The van der Waals surface area contributed by atoms with Gasteiger partial charge >= 0.3 is 17.2 Å². The molecule has 0 aromatic heterocycles. The molecule has 1 heterocycles. The second kappa shape index (κ2) is 11.3. The Morgan fingerprint density at radius 2 is 1.86 bits per heavy atom. The van der Waals surface area contributed by atoms with E-state index in [9.17, 15) is 24.0 Å². The van der Waals surface area contributed by atoms with Crippen LogP contribution in [0.2, 0.25) is 0 Å². The van der Waals surface area contributed by atoms with Crippen LogP contribution in [0.3, 0.4) is 0 Å². The van der Waals surface area contributed by atoms with Gasteiger partial charge in [0.2, 0.25) is 5.91 Å². The Morgan fingerprint density at radius 3 is 2.54 bits per heavy atom. The van der Waals surface area contributed by atoms with Crippen molar-refractivity contribution >= 4 is 40.8 Å². The van der Waals surface area contributed by atoms with Gasteiger partial charge in [-0.25, -0.2) is 14.4 Å². The molecule has 2 amide bonds. The zero-order valence-electron chi connectivity index (χ0n) is 15.9. The highest BCUT2D eigenvalue weighted by Crippen LogP contribution is 2.26. The van der Waals surface area contributed by atoms with Crippen LogP contribution in [-0.2, 0) is 33.4 Å². The predicted molar refractivity (Wildman–Crippen MR) is 99.3 cm³/mol. The van der Waals surface area contributed by atoms with Crippen LogP contribution < -0.4 is 10.6 Å².